The van der Waals surface area contributed by atoms with E-state index in [1.165, 1.54) is 0 Å². The van der Waals surface area contributed by atoms with Gasteiger partial charge in [-0.3, -0.25) is 14.7 Å². The van der Waals surface area contributed by atoms with Crippen molar-refractivity contribution >= 4 is 55.3 Å². The molecule has 0 bridgehead atoms. The lowest BCUT2D eigenvalue weighted by atomic mass is 10.6. The van der Waals surface area contributed by atoms with E-state index in [-0.39, 0.29) is 55.4 Å². The second-order valence-electron chi connectivity index (χ2n) is 0.788. The highest BCUT2D eigenvalue weighted by Gasteiger charge is 1.85. The molecule has 0 radical (unpaired) electrons. The van der Waals surface area contributed by atoms with Gasteiger partial charge in [-0.15, -0.1) is 37.2 Å². The van der Waals surface area contributed by atoms with Crippen LogP contribution in [0.15, 0.2) is 12.7 Å². The van der Waals surface area contributed by atoms with Crippen molar-refractivity contribution in [3.05, 3.63) is 12.7 Å². The maximum Gasteiger partial charge on any atom is 0.254 e. The highest BCUT2D eigenvalue weighted by Crippen LogP contribution is 1.73. The summed E-state index contributed by atoms with van der Waals surface area (Å²) in [5, 5.41) is 4.84. The van der Waals surface area contributed by atoms with Gasteiger partial charge >= 0.3 is 0 Å². The van der Waals surface area contributed by atoms with Crippen LogP contribution in [0.1, 0.15) is 0 Å². The summed E-state index contributed by atoms with van der Waals surface area (Å²) in [7, 11) is 0. The Morgan fingerprint density at radius 1 is 1.33 bits per heavy atom. The minimum atomic E-state index is -0.271. The Kier molecular flexibility index (Phi) is 99.5. The summed E-state index contributed by atoms with van der Waals surface area (Å²) in [5.41, 5.74) is 0. The van der Waals surface area contributed by atoms with Gasteiger partial charge in [-0.25, -0.2) is 0 Å². The van der Waals surface area contributed by atoms with Crippen molar-refractivity contribution in [2.75, 3.05) is 0 Å². The van der Waals surface area contributed by atoms with Gasteiger partial charge in [-0.05, 0) is 6.08 Å². The van der Waals surface area contributed by atoms with Crippen molar-refractivity contribution in [3.8, 4) is 0 Å². The smallest absolute Gasteiger partial charge is 0.254 e. The Labute approximate surface area is 95.0 Å². The van der Waals surface area contributed by atoms with Gasteiger partial charge in [0.25, 0.3) is 5.91 Å². The number of carbonyl (C=O) groups excluding carboxylic acids is 1. The third-order valence-corrected chi connectivity index (χ3v) is 0.664. The van der Waals surface area contributed by atoms with Crippen LogP contribution in [0.25, 0.3) is 0 Å². The fourth-order valence-electron chi connectivity index (χ4n) is 0.0997. The number of nitrogens with one attached hydrogen (secondary N) is 1. The average molecular weight is 262 g/mol. The van der Waals surface area contributed by atoms with Gasteiger partial charge in [0, 0.05) is 12.1 Å². The molecule has 0 atom stereocenters. The van der Waals surface area contributed by atoms with E-state index in [1.807, 2.05) is 0 Å². The van der Waals surface area contributed by atoms with E-state index in [1.54, 1.807) is 0 Å². The van der Waals surface area contributed by atoms with Crippen LogP contribution >= 0.6 is 49.4 Å². The standard InChI is InChI=1S/C3H6N2OS.3ClH.2H3N/c1-2-3(6)5-7-4;;;;;/h2H,1,4H2,(H,5,6);3*1H;2*1H3. The molecule has 0 aliphatic carbocycles. The zero-order valence-electron chi connectivity index (χ0n) is 6.32. The molecule has 1 amide bonds. The van der Waals surface area contributed by atoms with Crippen LogP contribution in [-0.4, -0.2) is 5.91 Å². The van der Waals surface area contributed by atoms with E-state index in [4.69, 9.17) is 5.14 Å². The normalized spacial score (nSPS) is 4.42. The van der Waals surface area contributed by atoms with Gasteiger partial charge in [0.05, 0.1) is 0 Å². The number of hydrogen-bond donors (Lipinski definition) is 4. The molecule has 0 aliphatic heterocycles. The lowest BCUT2D eigenvalue weighted by Gasteiger charge is -1.88. The quantitative estimate of drug-likeness (QED) is 0.442. The molecule has 0 aromatic rings. The predicted molar refractivity (Wildman–Crippen MR) is 61.9 cm³/mol. The fraction of sp³-hybridized carbons (Fsp3) is 0. The summed E-state index contributed by atoms with van der Waals surface area (Å²) in [6.07, 6.45) is 1.15. The van der Waals surface area contributed by atoms with E-state index >= 15 is 0 Å². The SMILES string of the molecule is C=CC(=O)NSN.Cl.Cl.Cl.N.N. The van der Waals surface area contributed by atoms with Gasteiger partial charge in [0.1, 0.15) is 0 Å². The summed E-state index contributed by atoms with van der Waals surface area (Å²) >= 11 is 0.764. The molecule has 5 nitrogen and oxygen atoms in total. The fourth-order valence-corrected chi connectivity index (χ4v) is 0.299. The molecular formula is C3H15Cl3N4OS. The number of hydrogen-bond acceptors (Lipinski definition) is 5. The van der Waals surface area contributed by atoms with Gasteiger partial charge in [-0.1, -0.05) is 6.58 Å². The van der Waals surface area contributed by atoms with Crippen molar-refractivity contribution in [1.29, 1.82) is 0 Å². The lowest BCUT2D eigenvalue weighted by Crippen LogP contribution is -2.13. The van der Waals surface area contributed by atoms with Crippen LogP contribution in [0.5, 0.6) is 0 Å². The van der Waals surface area contributed by atoms with Crippen molar-refractivity contribution in [3.63, 3.8) is 0 Å². The Morgan fingerprint density at radius 2 is 1.67 bits per heavy atom. The van der Waals surface area contributed by atoms with Crippen molar-refractivity contribution in [2.45, 2.75) is 0 Å². The minimum absolute atomic E-state index is 0. The molecule has 0 aliphatic rings. The molecule has 12 heavy (non-hydrogen) atoms. The first-order valence-electron chi connectivity index (χ1n) is 1.59. The average Bonchev–Trinajstić information content (AvgIpc) is 1.68. The maximum atomic E-state index is 10.1. The molecule has 0 rings (SSSR count). The first-order valence-corrected chi connectivity index (χ1v) is 2.47. The molecule has 0 saturated carbocycles. The van der Waals surface area contributed by atoms with Crippen LogP contribution in [-0.2, 0) is 4.79 Å². The van der Waals surface area contributed by atoms with Crippen molar-refractivity contribution in [2.24, 2.45) is 5.14 Å². The number of carbonyl (C=O) groups is 1. The largest absolute Gasteiger partial charge is 0.344 e. The van der Waals surface area contributed by atoms with Crippen LogP contribution < -0.4 is 22.2 Å². The summed E-state index contributed by atoms with van der Waals surface area (Å²) in [6.45, 7) is 3.20. The number of amides is 1. The summed E-state index contributed by atoms with van der Waals surface area (Å²) in [4.78, 5) is 10.1. The molecule has 0 heterocycles. The Balaban J connectivity index is -0.0000000180. The van der Waals surface area contributed by atoms with E-state index in [0.29, 0.717) is 0 Å². The maximum absolute atomic E-state index is 10.1. The van der Waals surface area contributed by atoms with Crippen molar-refractivity contribution in [1.82, 2.24) is 17.0 Å². The van der Waals surface area contributed by atoms with E-state index < -0.39 is 0 Å². The monoisotopic (exact) mass is 260 g/mol. The summed E-state index contributed by atoms with van der Waals surface area (Å²) < 4.78 is 2.23. The van der Waals surface area contributed by atoms with E-state index in [9.17, 15) is 4.79 Å². The summed E-state index contributed by atoms with van der Waals surface area (Å²) in [5.74, 6) is -0.271. The molecular weight excluding hydrogens is 246 g/mol. The minimum Gasteiger partial charge on any atom is -0.344 e. The van der Waals surface area contributed by atoms with Crippen LogP contribution in [0.3, 0.4) is 0 Å². The molecule has 0 aromatic carbocycles. The van der Waals surface area contributed by atoms with Gasteiger partial charge in [-0.2, -0.15) is 0 Å². The second kappa shape index (κ2) is 30.2. The van der Waals surface area contributed by atoms with E-state index in [0.717, 1.165) is 18.2 Å². The lowest BCUT2D eigenvalue weighted by molar-refractivity contribution is -0.114. The van der Waals surface area contributed by atoms with Gasteiger partial charge < -0.3 is 12.3 Å². The highest BCUT2D eigenvalue weighted by atomic mass is 35.5. The molecule has 0 aromatic heterocycles. The highest BCUT2D eigenvalue weighted by molar-refractivity contribution is 7.95. The topological polar surface area (TPSA) is 125 Å². The Hall–Kier alpha value is 0.310. The van der Waals surface area contributed by atoms with Crippen molar-refractivity contribution < 1.29 is 4.79 Å². The number of nitrogens with two attached hydrogens (primary N) is 1. The van der Waals surface area contributed by atoms with Gasteiger partial charge in [0.15, 0.2) is 0 Å². The number of halogens is 3. The Morgan fingerprint density at radius 3 is 1.75 bits per heavy atom. The third-order valence-electron chi connectivity index (χ3n) is 0.345. The van der Waals surface area contributed by atoms with E-state index in [2.05, 4.69) is 11.3 Å². The first-order chi connectivity index (χ1) is 3.31. The van der Waals surface area contributed by atoms with Crippen LogP contribution in [0, 0.1) is 0 Å². The molecule has 80 valence electrons. The molecule has 0 spiro atoms. The molecule has 0 unspecified atom stereocenters. The zero-order valence-corrected chi connectivity index (χ0v) is 9.58. The second-order valence-corrected chi connectivity index (χ2v) is 1.23. The number of rotatable bonds is 2. The van der Waals surface area contributed by atoms with Gasteiger partial charge in [0.2, 0.25) is 0 Å². The third kappa shape index (κ3) is 31.7. The first kappa shape index (κ1) is 39.5. The molecule has 0 fully saturated rings. The van der Waals surface area contributed by atoms with Crippen LogP contribution in [0.2, 0.25) is 0 Å². The molecule has 0 saturated heterocycles. The molecule has 9 N–H and O–H groups in total. The summed E-state index contributed by atoms with van der Waals surface area (Å²) in [6, 6.07) is 0. The van der Waals surface area contributed by atoms with Crippen LogP contribution in [0.4, 0.5) is 0 Å². The predicted octanol–water partition coefficient (Wildman–Crippen LogP) is 1.40. The zero-order chi connectivity index (χ0) is 5.70. The molecule has 9 heteroatoms. The Bertz CT molecular complexity index is 95.6.